The smallest absolute Gasteiger partial charge is 0.326 e. The van der Waals surface area contributed by atoms with Gasteiger partial charge in [0.05, 0.1) is 5.33 Å². The summed E-state index contributed by atoms with van der Waals surface area (Å²) >= 11 is 3.05. The minimum atomic E-state index is -1.01. The molecular weight excluding hydrogens is 316 g/mol. The van der Waals surface area contributed by atoms with Crippen LogP contribution in [0, 0.1) is 0 Å². The molecule has 6 nitrogen and oxygen atoms in total. The van der Waals surface area contributed by atoms with Gasteiger partial charge in [0.25, 0.3) is 0 Å². The van der Waals surface area contributed by atoms with Gasteiger partial charge in [0.15, 0.2) is 0 Å². The van der Waals surface area contributed by atoms with Gasteiger partial charge in [0.2, 0.25) is 11.8 Å². The zero-order chi connectivity index (χ0) is 14.8. The van der Waals surface area contributed by atoms with E-state index in [4.69, 9.17) is 5.11 Å². The summed E-state index contributed by atoms with van der Waals surface area (Å²) in [6.45, 7) is 2.08. The van der Waals surface area contributed by atoms with Gasteiger partial charge < -0.3 is 15.3 Å². The molecule has 0 aromatic rings. The second-order valence-corrected chi connectivity index (χ2v) is 4.87. The Hall–Kier alpha value is -1.11. The van der Waals surface area contributed by atoms with E-state index in [1.165, 1.54) is 18.9 Å². The Bertz CT molecular complexity index is 323. The summed E-state index contributed by atoms with van der Waals surface area (Å²) in [4.78, 5) is 34.5. The number of amides is 2. The molecule has 0 saturated heterocycles. The van der Waals surface area contributed by atoms with Crippen molar-refractivity contribution in [3.05, 3.63) is 0 Å². The molecule has 0 aromatic heterocycles. The maximum atomic E-state index is 11.7. The number of likely N-dealkylation sites (N-methyl/N-ethyl adjacent to an activating group) is 1. The Morgan fingerprint density at radius 2 is 1.89 bits per heavy atom. The molecule has 19 heavy (non-hydrogen) atoms. The van der Waals surface area contributed by atoms with Crippen LogP contribution in [0.1, 0.15) is 32.6 Å². The lowest BCUT2D eigenvalue weighted by atomic mass is 10.1. The summed E-state index contributed by atoms with van der Waals surface area (Å²) in [6, 6.07) is -0.800. The van der Waals surface area contributed by atoms with Crippen LogP contribution >= 0.6 is 15.9 Å². The molecule has 0 saturated carbocycles. The summed E-state index contributed by atoms with van der Waals surface area (Å²) in [5.74, 6) is -1.22. The minimum absolute atomic E-state index is 0.0499. The summed E-state index contributed by atoms with van der Waals surface area (Å²) in [6.07, 6.45) is 2.66. The number of unbranched alkanes of at least 4 members (excludes halogenated alkanes) is 2. The quantitative estimate of drug-likeness (QED) is 0.485. The highest BCUT2D eigenvalue weighted by atomic mass is 79.9. The lowest BCUT2D eigenvalue weighted by Gasteiger charge is -2.21. The van der Waals surface area contributed by atoms with Gasteiger partial charge in [-0.05, 0) is 19.8 Å². The largest absolute Gasteiger partial charge is 0.480 e. The molecule has 7 heteroatoms. The number of nitrogens with one attached hydrogen (secondary N) is 1. The molecular formula is C12H21BrN2O4. The molecule has 0 heterocycles. The molecule has 0 aromatic carbocycles. The number of hydrogen-bond acceptors (Lipinski definition) is 3. The molecule has 110 valence electrons. The molecule has 0 aliphatic heterocycles. The Kier molecular flexibility index (Phi) is 9.20. The van der Waals surface area contributed by atoms with Crippen molar-refractivity contribution in [1.82, 2.24) is 10.2 Å². The molecule has 0 spiro atoms. The van der Waals surface area contributed by atoms with E-state index in [0.717, 1.165) is 12.8 Å². The first-order chi connectivity index (χ1) is 8.90. The number of carbonyl (C=O) groups excluding carboxylic acids is 2. The number of halogens is 1. The topological polar surface area (TPSA) is 86.7 Å². The van der Waals surface area contributed by atoms with Crippen LogP contribution in [-0.4, -0.2) is 52.8 Å². The Morgan fingerprint density at radius 3 is 2.42 bits per heavy atom. The number of nitrogens with zero attached hydrogens (tertiary/aromatic N) is 1. The van der Waals surface area contributed by atoms with Crippen LogP contribution in [0.3, 0.4) is 0 Å². The molecule has 0 radical (unpaired) electrons. The maximum Gasteiger partial charge on any atom is 0.326 e. The predicted molar refractivity (Wildman–Crippen MR) is 75.1 cm³/mol. The van der Waals surface area contributed by atoms with E-state index < -0.39 is 12.0 Å². The number of hydrogen-bond donors (Lipinski definition) is 2. The van der Waals surface area contributed by atoms with Gasteiger partial charge in [-0.25, -0.2) is 4.79 Å². The van der Waals surface area contributed by atoms with E-state index in [0.29, 0.717) is 24.7 Å². The Labute approximate surface area is 121 Å². The number of rotatable bonds is 9. The van der Waals surface area contributed by atoms with E-state index >= 15 is 0 Å². The number of alkyl halides is 1. The monoisotopic (exact) mass is 336 g/mol. The third-order valence-electron chi connectivity index (χ3n) is 2.84. The van der Waals surface area contributed by atoms with Crippen molar-refractivity contribution in [2.45, 2.75) is 38.6 Å². The molecule has 2 N–H and O–H groups in total. The van der Waals surface area contributed by atoms with Crippen LogP contribution in [0.2, 0.25) is 0 Å². The first-order valence-corrected chi connectivity index (χ1v) is 7.33. The second kappa shape index (κ2) is 9.77. The fourth-order valence-corrected chi connectivity index (χ4v) is 1.61. The van der Waals surface area contributed by atoms with Crippen molar-refractivity contribution in [3.63, 3.8) is 0 Å². The molecule has 0 unspecified atom stereocenters. The van der Waals surface area contributed by atoms with Gasteiger partial charge in [-0.2, -0.15) is 0 Å². The first kappa shape index (κ1) is 17.9. The Balaban J connectivity index is 3.69. The van der Waals surface area contributed by atoms with Gasteiger partial charge >= 0.3 is 5.97 Å². The van der Waals surface area contributed by atoms with Gasteiger partial charge in [0, 0.05) is 20.0 Å². The molecule has 0 aliphatic rings. The van der Waals surface area contributed by atoms with Crippen LogP contribution in [-0.2, 0) is 14.4 Å². The summed E-state index contributed by atoms with van der Waals surface area (Å²) in [7, 11) is 1.50. The van der Waals surface area contributed by atoms with E-state index in [1.807, 2.05) is 0 Å². The average molecular weight is 337 g/mol. The van der Waals surface area contributed by atoms with E-state index in [2.05, 4.69) is 21.2 Å². The van der Waals surface area contributed by atoms with Crippen molar-refractivity contribution in [2.75, 3.05) is 18.9 Å². The van der Waals surface area contributed by atoms with Crippen LogP contribution in [0.5, 0.6) is 0 Å². The molecule has 1 atom stereocenters. The van der Waals surface area contributed by atoms with Crippen LogP contribution in [0.4, 0.5) is 0 Å². The van der Waals surface area contributed by atoms with Crippen molar-refractivity contribution in [2.24, 2.45) is 0 Å². The molecule has 0 aliphatic carbocycles. The van der Waals surface area contributed by atoms with Crippen molar-refractivity contribution in [3.8, 4) is 0 Å². The molecule has 0 fully saturated rings. The fraction of sp³-hybridized carbons (Fsp3) is 0.750. The SMILES string of the molecule is C[C@@H](C(=O)O)N(C)C(=O)CCCCCNC(=O)CBr. The summed E-state index contributed by atoms with van der Waals surface area (Å²) in [5, 5.41) is 11.8. The number of aliphatic carboxylic acids is 1. The van der Waals surface area contributed by atoms with Crippen molar-refractivity contribution >= 4 is 33.7 Å². The standard InChI is InChI=1S/C12H21BrN2O4/c1-9(12(18)19)15(2)11(17)6-4-3-5-7-14-10(16)8-13/h9H,3-8H2,1-2H3,(H,14,16)(H,18,19)/t9-/m0/s1. The van der Waals surface area contributed by atoms with Gasteiger partial charge in [0.1, 0.15) is 6.04 Å². The van der Waals surface area contributed by atoms with E-state index in [9.17, 15) is 14.4 Å². The van der Waals surface area contributed by atoms with Crippen molar-refractivity contribution < 1.29 is 19.5 Å². The third-order valence-corrected chi connectivity index (χ3v) is 3.35. The Morgan fingerprint density at radius 1 is 1.26 bits per heavy atom. The van der Waals surface area contributed by atoms with Crippen LogP contribution < -0.4 is 5.32 Å². The maximum absolute atomic E-state index is 11.7. The van der Waals surface area contributed by atoms with Crippen LogP contribution in [0.15, 0.2) is 0 Å². The zero-order valence-corrected chi connectivity index (χ0v) is 12.9. The lowest BCUT2D eigenvalue weighted by molar-refractivity contribution is -0.148. The van der Waals surface area contributed by atoms with Crippen LogP contribution in [0.25, 0.3) is 0 Å². The number of carboxylic acids is 1. The summed E-state index contributed by atoms with van der Waals surface area (Å²) in [5.41, 5.74) is 0. The predicted octanol–water partition coefficient (Wildman–Crippen LogP) is 0.989. The lowest BCUT2D eigenvalue weighted by Crippen LogP contribution is -2.40. The molecule has 2 amide bonds. The summed E-state index contributed by atoms with van der Waals surface area (Å²) < 4.78 is 0. The number of carbonyl (C=O) groups is 3. The third kappa shape index (κ3) is 7.81. The van der Waals surface area contributed by atoms with E-state index in [1.54, 1.807) is 0 Å². The molecule has 0 rings (SSSR count). The average Bonchev–Trinajstić information content (AvgIpc) is 2.39. The molecule has 0 bridgehead atoms. The highest BCUT2D eigenvalue weighted by Crippen LogP contribution is 2.05. The first-order valence-electron chi connectivity index (χ1n) is 6.21. The van der Waals surface area contributed by atoms with Gasteiger partial charge in [-0.1, -0.05) is 22.4 Å². The highest BCUT2D eigenvalue weighted by Gasteiger charge is 2.20. The highest BCUT2D eigenvalue weighted by molar-refractivity contribution is 9.09. The fourth-order valence-electron chi connectivity index (χ4n) is 1.41. The minimum Gasteiger partial charge on any atom is -0.480 e. The number of carboxylic acid groups (broad SMARTS) is 1. The van der Waals surface area contributed by atoms with E-state index in [-0.39, 0.29) is 11.8 Å². The van der Waals surface area contributed by atoms with Gasteiger partial charge in [-0.15, -0.1) is 0 Å². The zero-order valence-electron chi connectivity index (χ0n) is 11.3. The van der Waals surface area contributed by atoms with Gasteiger partial charge in [-0.3, -0.25) is 9.59 Å². The van der Waals surface area contributed by atoms with Crippen molar-refractivity contribution in [1.29, 1.82) is 0 Å². The second-order valence-electron chi connectivity index (χ2n) is 4.31. The normalized spacial score (nSPS) is 11.7.